The third-order valence-corrected chi connectivity index (χ3v) is 8.29. The van der Waals surface area contributed by atoms with Gasteiger partial charge < -0.3 is 15.1 Å². The van der Waals surface area contributed by atoms with Gasteiger partial charge >= 0.3 is 6.03 Å². The Morgan fingerprint density at radius 2 is 1.76 bits per heavy atom. The Kier molecular flexibility index (Phi) is 6.79. The molecular weight excluding hydrogens is 490 g/mol. The minimum absolute atomic E-state index is 0.0508. The van der Waals surface area contributed by atoms with Crippen molar-refractivity contribution in [1.29, 1.82) is 0 Å². The van der Waals surface area contributed by atoms with E-state index in [1.807, 2.05) is 28.5 Å². The van der Waals surface area contributed by atoms with Gasteiger partial charge in [-0.2, -0.15) is 0 Å². The second-order valence-corrected chi connectivity index (χ2v) is 10.7. The highest BCUT2D eigenvalue weighted by molar-refractivity contribution is 9.10. The van der Waals surface area contributed by atoms with Crippen LogP contribution in [0.4, 0.5) is 4.79 Å². The van der Waals surface area contributed by atoms with Gasteiger partial charge in [-0.05, 0) is 41.8 Å². The van der Waals surface area contributed by atoms with Crippen molar-refractivity contribution in [3.05, 3.63) is 51.1 Å². The monoisotopic (exact) mass is 509 g/mol. The number of carbonyl (C=O) groups excluding carboxylic acids is 2. The van der Waals surface area contributed by atoms with E-state index in [9.17, 15) is 9.59 Å². The van der Waals surface area contributed by atoms with Gasteiger partial charge in [0.05, 0.1) is 4.88 Å². The second-order valence-electron chi connectivity index (χ2n) is 6.57. The van der Waals surface area contributed by atoms with Crippen LogP contribution in [0.2, 0.25) is 0 Å². The van der Waals surface area contributed by atoms with Crippen molar-refractivity contribution in [2.75, 3.05) is 38.5 Å². The van der Waals surface area contributed by atoms with Crippen molar-refractivity contribution in [2.24, 2.45) is 0 Å². The Bertz CT molecular complexity index is 965. The van der Waals surface area contributed by atoms with E-state index in [1.54, 1.807) is 39.3 Å². The lowest BCUT2D eigenvalue weighted by Crippen LogP contribution is -2.53. The zero-order valence-corrected chi connectivity index (χ0v) is 19.6. The lowest BCUT2D eigenvalue weighted by molar-refractivity contribution is 0.0670. The molecule has 0 radical (unpaired) electrons. The smallest absolute Gasteiger partial charge is 0.317 e. The van der Waals surface area contributed by atoms with Crippen LogP contribution in [0.5, 0.6) is 0 Å². The Morgan fingerprint density at radius 1 is 1.03 bits per heavy atom. The molecule has 1 saturated heterocycles. The van der Waals surface area contributed by atoms with Gasteiger partial charge in [0.15, 0.2) is 0 Å². The molecule has 0 aliphatic carbocycles. The highest BCUT2D eigenvalue weighted by Crippen LogP contribution is 2.30. The fourth-order valence-corrected chi connectivity index (χ4v) is 6.22. The van der Waals surface area contributed by atoms with E-state index in [0.717, 1.165) is 24.5 Å². The summed E-state index contributed by atoms with van der Waals surface area (Å²) in [6.45, 7) is 2.90. The third-order valence-electron chi connectivity index (χ3n) is 4.66. The normalized spacial score (nSPS) is 14.4. The molecule has 1 aliphatic heterocycles. The molecule has 0 bridgehead atoms. The molecule has 3 aromatic rings. The Labute approximate surface area is 190 Å². The molecule has 29 heavy (non-hydrogen) atoms. The summed E-state index contributed by atoms with van der Waals surface area (Å²) in [6.07, 6.45) is 0. The van der Waals surface area contributed by atoms with Crippen LogP contribution in [-0.2, 0) is 0 Å². The van der Waals surface area contributed by atoms with Gasteiger partial charge in [-0.25, -0.2) is 4.79 Å². The summed E-state index contributed by atoms with van der Waals surface area (Å²) in [5.74, 6) is 0.894. The first-order valence-corrected chi connectivity index (χ1v) is 12.7. The predicted molar refractivity (Wildman–Crippen MR) is 125 cm³/mol. The Balaban J connectivity index is 1.19. The SMILES string of the molecule is O=C(NCCSc1ccc(Br)cc1)N1CCN(C(=O)c2cc3sccc3s2)CC1. The van der Waals surface area contributed by atoms with E-state index in [4.69, 9.17) is 0 Å². The number of nitrogens with zero attached hydrogens (tertiary/aromatic N) is 2. The number of rotatable bonds is 5. The largest absolute Gasteiger partial charge is 0.337 e. The zero-order valence-electron chi connectivity index (χ0n) is 15.6. The molecule has 0 saturated carbocycles. The number of benzene rings is 1. The molecule has 5 nitrogen and oxygen atoms in total. The number of halogens is 1. The number of thioether (sulfide) groups is 1. The molecule has 1 N–H and O–H groups in total. The maximum absolute atomic E-state index is 12.7. The molecule has 1 fully saturated rings. The average molecular weight is 511 g/mol. The van der Waals surface area contributed by atoms with E-state index in [-0.39, 0.29) is 11.9 Å². The highest BCUT2D eigenvalue weighted by Gasteiger charge is 2.25. The number of carbonyl (C=O) groups is 2. The first-order valence-electron chi connectivity index (χ1n) is 9.27. The fraction of sp³-hybridized carbons (Fsp3) is 0.300. The standard InChI is InChI=1S/C20H20BrN3O2S3/c21-14-1-3-15(4-2-14)27-12-6-22-20(26)24-9-7-23(8-10-24)19(25)18-13-17-16(29-18)5-11-28-17/h1-5,11,13H,6-10,12H2,(H,22,26). The van der Waals surface area contributed by atoms with Crippen molar-refractivity contribution in [2.45, 2.75) is 4.90 Å². The van der Waals surface area contributed by atoms with Crippen LogP contribution in [0.25, 0.3) is 9.40 Å². The summed E-state index contributed by atoms with van der Waals surface area (Å²) < 4.78 is 3.39. The van der Waals surface area contributed by atoms with Crippen molar-refractivity contribution in [3.8, 4) is 0 Å². The van der Waals surface area contributed by atoms with E-state index < -0.39 is 0 Å². The number of amides is 3. The molecule has 0 atom stereocenters. The van der Waals surface area contributed by atoms with Gasteiger partial charge in [0.2, 0.25) is 0 Å². The number of urea groups is 1. The quantitative estimate of drug-likeness (QED) is 0.389. The minimum Gasteiger partial charge on any atom is -0.337 e. The average Bonchev–Trinajstić information content (AvgIpc) is 3.34. The second kappa shape index (κ2) is 9.51. The molecule has 3 amide bonds. The molecule has 2 aromatic heterocycles. The first-order chi connectivity index (χ1) is 14.1. The van der Waals surface area contributed by atoms with Gasteiger partial charge in [0.1, 0.15) is 0 Å². The summed E-state index contributed by atoms with van der Waals surface area (Å²) >= 11 is 8.35. The lowest BCUT2D eigenvalue weighted by atomic mass is 10.3. The number of fused-ring (bicyclic) bond motifs is 1. The van der Waals surface area contributed by atoms with Gasteiger partial charge in [-0.1, -0.05) is 15.9 Å². The maximum atomic E-state index is 12.7. The first kappa shape index (κ1) is 20.7. The molecule has 1 aromatic carbocycles. The molecule has 0 spiro atoms. The molecular formula is C20H20BrN3O2S3. The predicted octanol–water partition coefficient (Wildman–Crippen LogP) is 4.99. The van der Waals surface area contributed by atoms with E-state index in [2.05, 4.69) is 39.4 Å². The zero-order chi connectivity index (χ0) is 20.2. The van der Waals surface area contributed by atoms with Gasteiger partial charge in [0.25, 0.3) is 5.91 Å². The summed E-state index contributed by atoms with van der Waals surface area (Å²) in [7, 11) is 0. The number of hydrogen-bond acceptors (Lipinski definition) is 5. The maximum Gasteiger partial charge on any atom is 0.317 e. The molecule has 152 valence electrons. The van der Waals surface area contributed by atoms with Crippen molar-refractivity contribution >= 4 is 71.7 Å². The molecule has 1 aliphatic rings. The van der Waals surface area contributed by atoms with Crippen LogP contribution in [0.1, 0.15) is 9.67 Å². The van der Waals surface area contributed by atoms with Gasteiger partial charge in [-0.3, -0.25) is 4.79 Å². The van der Waals surface area contributed by atoms with Gasteiger partial charge in [-0.15, -0.1) is 34.4 Å². The van der Waals surface area contributed by atoms with Gasteiger partial charge in [0, 0.05) is 57.2 Å². The van der Waals surface area contributed by atoms with Crippen LogP contribution < -0.4 is 5.32 Å². The Morgan fingerprint density at radius 3 is 2.48 bits per heavy atom. The fourth-order valence-electron chi connectivity index (χ4n) is 3.11. The van der Waals surface area contributed by atoms with Crippen LogP contribution in [0.15, 0.2) is 51.1 Å². The lowest BCUT2D eigenvalue weighted by Gasteiger charge is -2.34. The van der Waals surface area contributed by atoms with E-state index in [0.29, 0.717) is 32.7 Å². The highest BCUT2D eigenvalue weighted by atomic mass is 79.9. The van der Waals surface area contributed by atoms with Crippen molar-refractivity contribution < 1.29 is 9.59 Å². The molecule has 0 unspecified atom stereocenters. The van der Waals surface area contributed by atoms with Crippen LogP contribution in [-0.4, -0.2) is 60.2 Å². The summed E-state index contributed by atoms with van der Waals surface area (Å²) in [4.78, 5) is 30.7. The van der Waals surface area contributed by atoms with Crippen molar-refractivity contribution in [1.82, 2.24) is 15.1 Å². The summed E-state index contributed by atoms with van der Waals surface area (Å²) in [6, 6.07) is 12.1. The Hall–Kier alpha value is -1.55. The minimum atomic E-state index is -0.0508. The van der Waals surface area contributed by atoms with Crippen molar-refractivity contribution in [3.63, 3.8) is 0 Å². The third kappa shape index (κ3) is 5.14. The van der Waals surface area contributed by atoms with Crippen LogP contribution in [0.3, 0.4) is 0 Å². The van der Waals surface area contributed by atoms with E-state index in [1.165, 1.54) is 4.90 Å². The number of hydrogen-bond donors (Lipinski definition) is 1. The molecule has 9 heteroatoms. The number of nitrogens with one attached hydrogen (secondary N) is 1. The number of piperazine rings is 1. The van der Waals surface area contributed by atoms with Crippen LogP contribution >= 0.6 is 50.4 Å². The van der Waals surface area contributed by atoms with E-state index >= 15 is 0 Å². The summed E-state index contributed by atoms with van der Waals surface area (Å²) in [5.41, 5.74) is 0. The topological polar surface area (TPSA) is 52.7 Å². The van der Waals surface area contributed by atoms with Crippen LogP contribution in [0, 0.1) is 0 Å². The number of thiophene rings is 2. The summed E-state index contributed by atoms with van der Waals surface area (Å²) in [5, 5.41) is 5.03. The molecule has 3 heterocycles. The molecule has 4 rings (SSSR count).